The summed E-state index contributed by atoms with van der Waals surface area (Å²) in [6.07, 6.45) is 1.89. The highest BCUT2D eigenvalue weighted by Gasteiger charge is 2.08. The Morgan fingerprint density at radius 1 is 1.23 bits per heavy atom. The van der Waals surface area contributed by atoms with E-state index >= 15 is 0 Å². The fourth-order valence-electron chi connectivity index (χ4n) is 1.64. The molecule has 0 N–H and O–H groups in total. The Labute approximate surface area is 130 Å². The van der Waals surface area contributed by atoms with Gasteiger partial charge in [-0.1, -0.05) is 25.6 Å². The van der Waals surface area contributed by atoms with Crippen LogP contribution in [0.5, 0.6) is 5.75 Å². The topological polar surface area (TPSA) is 61.8 Å². The molecule has 22 heavy (non-hydrogen) atoms. The van der Waals surface area contributed by atoms with Crippen molar-refractivity contribution in [2.45, 2.75) is 32.8 Å². The zero-order valence-electron chi connectivity index (χ0n) is 13.0. The summed E-state index contributed by atoms with van der Waals surface area (Å²) >= 11 is 0. The van der Waals surface area contributed by atoms with Crippen molar-refractivity contribution in [2.24, 2.45) is 0 Å². The van der Waals surface area contributed by atoms with Crippen molar-refractivity contribution in [3.8, 4) is 5.75 Å². The van der Waals surface area contributed by atoms with Gasteiger partial charge >= 0.3 is 11.9 Å². The van der Waals surface area contributed by atoms with Crippen molar-refractivity contribution in [2.75, 3.05) is 13.2 Å². The molecular formula is C17H22O5. The van der Waals surface area contributed by atoms with Crippen LogP contribution in [0.3, 0.4) is 0 Å². The molecule has 0 aliphatic rings. The lowest BCUT2D eigenvalue weighted by Gasteiger charge is -2.14. The summed E-state index contributed by atoms with van der Waals surface area (Å²) in [6.45, 7) is 7.66. The number of hydrogen-bond donors (Lipinski definition) is 0. The summed E-state index contributed by atoms with van der Waals surface area (Å²) in [6, 6.07) is 7.17. The van der Waals surface area contributed by atoms with Gasteiger partial charge in [-0.05, 0) is 31.0 Å². The first-order valence-corrected chi connectivity index (χ1v) is 7.25. The van der Waals surface area contributed by atoms with E-state index in [9.17, 15) is 9.59 Å². The van der Waals surface area contributed by atoms with Crippen molar-refractivity contribution < 1.29 is 23.8 Å². The molecule has 0 heterocycles. The van der Waals surface area contributed by atoms with Crippen molar-refractivity contribution in [3.05, 3.63) is 42.5 Å². The van der Waals surface area contributed by atoms with E-state index in [2.05, 4.69) is 6.58 Å². The smallest absolute Gasteiger partial charge is 0.330 e. The molecule has 1 unspecified atom stereocenters. The minimum Gasteiger partial charge on any atom is -0.487 e. The fraction of sp³-hybridized carbons (Fsp3) is 0.412. The van der Waals surface area contributed by atoms with Gasteiger partial charge in [0.15, 0.2) is 0 Å². The number of ether oxygens (including phenoxy) is 3. The average Bonchev–Trinajstić information content (AvgIpc) is 2.52. The van der Waals surface area contributed by atoms with Gasteiger partial charge in [0.2, 0.25) is 0 Å². The summed E-state index contributed by atoms with van der Waals surface area (Å²) < 4.78 is 15.5. The quantitative estimate of drug-likeness (QED) is 0.518. The first-order chi connectivity index (χ1) is 10.5. The van der Waals surface area contributed by atoms with E-state index in [4.69, 9.17) is 14.2 Å². The Bertz CT molecular complexity index is 492. The molecule has 0 saturated carbocycles. The Balaban J connectivity index is 2.42. The Hall–Kier alpha value is -2.30. The maximum absolute atomic E-state index is 11.5. The predicted octanol–water partition coefficient (Wildman–Crippen LogP) is 2.68. The number of carbonyl (C=O) groups is 2. The summed E-state index contributed by atoms with van der Waals surface area (Å²) in [5, 5.41) is 0. The molecule has 0 radical (unpaired) electrons. The van der Waals surface area contributed by atoms with E-state index in [1.807, 2.05) is 19.1 Å². The third-order valence-electron chi connectivity index (χ3n) is 2.70. The summed E-state index contributed by atoms with van der Waals surface area (Å²) in [5.74, 6) is -0.0653. The standard InChI is InChI=1S/C17H22O5/c1-4-10-20-17(19)11-14-6-8-15(9-7-14)22-13(3)12-21-16(18)5-2/h5-9,13H,2,4,10-12H2,1,3H3. The number of benzene rings is 1. The van der Waals surface area contributed by atoms with Gasteiger partial charge in [0.25, 0.3) is 0 Å². The Kier molecular flexibility index (Phi) is 7.75. The van der Waals surface area contributed by atoms with E-state index < -0.39 is 5.97 Å². The molecule has 1 atom stereocenters. The van der Waals surface area contributed by atoms with Crippen LogP contribution in [0.15, 0.2) is 36.9 Å². The van der Waals surface area contributed by atoms with Crippen molar-refractivity contribution in [1.82, 2.24) is 0 Å². The van der Waals surface area contributed by atoms with Crippen LogP contribution in [-0.2, 0) is 25.5 Å². The van der Waals surface area contributed by atoms with Crippen molar-refractivity contribution >= 4 is 11.9 Å². The molecule has 120 valence electrons. The van der Waals surface area contributed by atoms with Crippen LogP contribution in [0.4, 0.5) is 0 Å². The van der Waals surface area contributed by atoms with Crippen LogP contribution in [0.2, 0.25) is 0 Å². The van der Waals surface area contributed by atoms with E-state index in [1.54, 1.807) is 19.1 Å². The predicted molar refractivity (Wildman–Crippen MR) is 82.6 cm³/mol. The molecule has 0 aromatic heterocycles. The van der Waals surface area contributed by atoms with Crippen LogP contribution < -0.4 is 4.74 Å². The molecule has 0 aliphatic heterocycles. The van der Waals surface area contributed by atoms with Gasteiger partial charge in [-0.3, -0.25) is 4.79 Å². The molecule has 0 amide bonds. The third kappa shape index (κ3) is 6.92. The van der Waals surface area contributed by atoms with Crippen molar-refractivity contribution in [1.29, 1.82) is 0 Å². The molecule has 1 rings (SSSR count). The van der Waals surface area contributed by atoms with Gasteiger partial charge in [0, 0.05) is 6.08 Å². The average molecular weight is 306 g/mol. The van der Waals surface area contributed by atoms with Crippen LogP contribution in [0.1, 0.15) is 25.8 Å². The SMILES string of the molecule is C=CC(=O)OCC(C)Oc1ccc(CC(=O)OCCC)cc1. The molecule has 0 aliphatic carbocycles. The zero-order valence-corrected chi connectivity index (χ0v) is 13.0. The molecular weight excluding hydrogens is 284 g/mol. The van der Waals surface area contributed by atoms with Crippen molar-refractivity contribution in [3.63, 3.8) is 0 Å². The largest absolute Gasteiger partial charge is 0.487 e. The van der Waals surface area contributed by atoms with E-state index in [0.29, 0.717) is 12.4 Å². The molecule has 0 saturated heterocycles. The summed E-state index contributed by atoms with van der Waals surface area (Å²) in [7, 11) is 0. The lowest BCUT2D eigenvalue weighted by Crippen LogP contribution is -2.20. The maximum atomic E-state index is 11.5. The Morgan fingerprint density at radius 3 is 2.50 bits per heavy atom. The second kappa shape index (κ2) is 9.60. The van der Waals surface area contributed by atoms with E-state index in [0.717, 1.165) is 18.1 Å². The molecule has 0 spiro atoms. The van der Waals surface area contributed by atoms with Gasteiger partial charge in [0.1, 0.15) is 18.5 Å². The first kappa shape index (κ1) is 17.8. The number of esters is 2. The minimum absolute atomic E-state index is 0.149. The van der Waals surface area contributed by atoms with Gasteiger partial charge in [-0.15, -0.1) is 0 Å². The lowest BCUT2D eigenvalue weighted by atomic mass is 10.1. The van der Waals surface area contributed by atoms with E-state index in [-0.39, 0.29) is 25.1 Å². The van der Waals surface area contributed by atoms with E-state index in [1.165, 1.54) is 0 Å². The Morgan fingerprint density at radius 2 is 1.91 bits per heavy atom. The maximum Gasteiger partial charge on any atom is 0.330 e. The number of rotatable bonds is 9. The highest BCUT2D eigenvalue weighted by Crippen LogP contribution is 2.14. The van der Waals surface area contributed by atoms with Gasteiger partial charge in [0.05, 0.1) is 13.0 Å². The molecule has 5 nitrogen and oxygen atoms in total. The molecule has 0 fully saturated rings. The second-order valence-electron chi connectivity index (χ2n) is 4.80. The van der Waals surface area contributed by atoms with Gasteiger partial charge in [-0.2, -0.15) is 0 Å². The van der Waals surface area contributed by atoms with Crippen LogP contribution in [-0.4, -0.2) is 31.3 Å². The highest BCUT2D eigenvalue weighted by molar-refractivity contribution is 5.81. The highest BCUT2D eigenvalue weighted by atomic mass is 16.6. The molecule has 1 aromatic carbocycles. The van der Waals surface area contributed by atoms with Crippen LogP contribution in [0.25, 0.3) is 0 Å². The zero-order chi connectivity index (χ0) is 16.4. The fourth-order valence-corrected chi connectivity index (χ4v) is 1.64. The second-order valence-corrected chi connectivity index (χ2v) is 4.80. The monoisotopic (exact) mass is 306 g/mol. The van der Waals surface area contributed by atoms with Crippen LogP contribution in [0, 0.1) is 0 Å². The van der Waals surface area contributed by atoms with Gasteiger partial charge < -0.3 is 14.2 Å². The molecule has 0 bridgehead atoms. The minimum atomic E-state index is -0.476. The normalized spacial score (nSPS) is 11.4. The number of carbonyl (C=O) groups excluding carboxylic acids is 2. The molecule has 5 heteroatoms. The van der Waals surface area contributed by atoms with Crippen LogP contribution >= 0.6 is 0 Å². The number of hydrogen-bond acceptors (Lipinski definition) is 5. The van der Waals surface area contributed by atoms with Gasteiger partial charge in [-0.25, -0.2) is 4.79 Å². The molecule has 1 aromatic rings. The third-order valence-corrected chi connectivity index (χ3v) is 2.70. The summed E-state index contributed by atoms with van der Waals surface area (Å²) in [4.78, 5) is 22.5. The first-order valence-electron chi connectivity index (χ1n) is 7.25. The lowest BCUT2D eigenvalue weighted by molar-refractivity contribution is -0.143. The summed E-state index contributed by atoms with van der Waals surface area (Å²) in [5.41, 5.74) is 0.860.